The highest BCUT2D eigenvalue weighted by Crippen LogP contribution is 2.37. The Bertz CT molecular complexity index is 631. The van der Waals surface area contributed by atoms with Crippen molar-refractivity contribution in [1.82, 2.24) is 0 Å². The summed E-state index contributed by atoms with van der Waals surface area (Å²) in [7, 11) is 1.63. The third-order valence-electron chi connectivity index (χ3n) is 3.68. The Labute approximate surface area is 105 Å². The second kappa shape index (κ2) is 4.02. The van der Waals surface area contributed by atoms with E-state index in [1.807, 2.05) is 24.3 Å². The van der Waals surface area contributed by atoms with Crippen LogP contribution < -0.4 is 4.74 Å². The lowest BCUT2D eigenvalue weighted by molar-refractivity contribution is -0.141. The summed E-state index contributed by atoms with van der Waals surface area (Å²) in [4.78, 5) is 11.2. The molecule has 3 heteroatoms. The van der Waals surface area contributed by atoms with Gasteiger partial charge in [-0.3, -0.25) is 4.79 Å². The minimum atomic E-state index is -0.733. The van der Waals surface area contributed by atoms with E-state index in [1.54, 1.807) is 7.11 Å². The van der Waals surface area contributed by atoms with Gasteiger partial charge in [-0.25, -0.2) is 0 Å². The minimum absolute atomic E-state index is 0.348. The topological polar surface area (TPSA) is 46.5 Å². The predicted molar refractivity (Wildman–Crippen MR) is 69.0 cm³/mol. The van der Waals surface area contributed by atoms with Gasteiger partial charge in [0.2, 0.25) is 0 Å². The van der Waals surface area contributed by atoms with Crippen LogP contribution in [0.2, 0.25) is 0 Å². The van der Waals surface area contributed by atoms with Crippen molar-refractivity contribution >= 4 is 16.7 Å². The maximum atomic E-state index is 11.2. The van der Waals surface area contributed by atoms with E-state index in [4.69, 9.17) is 4.74 Å². The highest BCUT2D eigenvalue weighted by molar-refractivity contribution is 5.92. The first-order valence-electron chi connectivity index (χ1n) is 6.01. The largest absolute Gasteiger partial charge is 0.496 e. The number of rotatable bonds is 2. The van der Waals surface area contributed by atoms with Crippen LogP contribution in [0.25, 0.3) is 10.8 Å². The second-order valence-electron chi connectivity index (χ2n) is 4.71. The minimum Gasteiger partial charge on any atom is -0.496 e. The fraction of sp³-hybridized carbons (Fsp3) is 0.267. The first-order valence-corrected chi connectivity index (χ1v) is 6.01. The van der Waals surface area contributed by atoms with Crippen LogP contribution in [0.3, 0.4) is 0 Å². The first-order chi connectivity index (χ1) is 8.70. The zero-order valence-electron chi connectivity index (χ0n) is 10.1. The number of benzene rings is 2. The summed E-state index contributed by atoms with van der Waals surface area (Å²) in [5, 5.41) is 11.6. The molecular weight excluding hydrogens is 228 g/mol. The average molecular weight is 242 g/mol. The molecule has 0 bridgehead atoms. The van der Waals surface area contributed by atoms with Gasteiger partial charge in [0.05, 0.1) is 13.0 Å². The Kier molecular flexibility index (Phi) is 2.47. The monoisotopic (exact) mass is 242 g/mol. The maximum Gasteiger partial charge on any atom is 0.307 e. The molecule has 3 nitrogen and oxygen atoms in total. The van der Waals surface area contributed by atoms with Gasteiger partial charge in [0.25, 0.3) is 0 Å². The second-order valence-corrected chi connectivity index (χ2v) is 4.71. The molecule has 18 heavy (non-hydrogen) atoms. The van der Waals surface area contributed by atoms with Crippen molar-refractivity contribution < 1.29 is 14.6 Å². The van der Waals surface area contributed by atoms with Gasteiger partial charge in [0.1, 0.15) is 5.75 Å². The van der Waals surface area contributed by atoms with Crippen LogP contribution in [0.4, 0.5) is 0 Å². The number of ether oxygens (including phenoxy) is 1. The van der Waals surface area contributed by atoms with Crippen LogP contribution in [0.1, 0.15) is 11.1 Å². The molecule has 0 unspecified atom stereocenters. The predicted octanol–water partition coefficient (Wildman–Crippen LogP) is 2.65. The van der Waals surface area contributed by atoms with Crippen LogP contribution in [0, 0.1) is 5.92 Å². The molecule has 0 fully saturated rings. The van der Waals surface area contributed by atoms with Gasteiger partial charge >= 0.3 is 5.97 Å². The van der Waals surface area contributed by atoms with Gasteiger partial charge in [-0.05, 0) is 35.2 Å². The molecule has 0 radical (unpaired) electrons. The average Bonchev–Trinajstić information content (AvgIpc) is 2.39. The molecule has 3 rings (SSSR count). The van der Waals surface area contributed by atoms with E-state index < -0.39 is 5.97 Å². The van der Waals surface area contributed by atoms with E-state index in [-0.39, 0.29) is 5.92 Å². The van der Waals surface area contributed by atoms with Crippen LogP contribution in [0.15, 0.2) is 30.3 Å². The Morgan fingerprint density at radius 2 is 2.11 bits per heavy atom. The number of carboxylic acids is 1. The molecule has 1 aliphatic rings. The van der Waals surface area contributed by atoms with Crippen molar-refractivity contribution in [2.75, 3.05) is 7.11 Å². The molecule has 92 valence electrons. The molecule has 0 aliphatic heterocycles. The number of aliphatic carboxylic acids is 1. The molecule has 1 atom stereocenters. The van der Waals surface area contributed by atoms with Crippen molar-refractivity contribution in [2.45, 2.75) is 12.8 Å². The number of hydrogen-bond acceptors (Lipinski definition) is 2. The van der Waals surface area contributed by atoms with Crippen LogP contribution in [-0.2, 0) is 17.6 Å². The molecule has 0 spiro atoms. The number of methoxy groups -OCH3 is 1. The van der Waals surface area contributed by atoms with Crippen molar-refractivity contribution in [3.63, 3.8) is 0 Å². The van der Waals surface area contributed by atoms with E-state index >= 15 is 0 Å². The first kappa shape index (κ1) is 11.1. The molecule has 1 N–H and O–H groups in total. The molecule has 2 aromatic carbocycles. The summed E-state index contributed by atoms with van der Waals surface area (Å²) in [5.74, 6) is -0.288. The van der Waals surface area contributed by atoms with E-state index in [2.05, 4.69) is 6.07 Å². The zero-order valence-corrected chi connectivity index (χ0v) is 10.1. The Balaban J connectivity index is 2.27. The van der Waals surface area contributed by atoms with Gasteiger partial charge < -0.3 is 9.84 Å². The normalized spacial score (nSPS) is 17.7. The lowest BCUT2D eigenvalue weighted by Crippen LogP contribution is -2.23. The third-order valence-corrected chi connectivity index (χ3v) is 3.68. The van der Waals surface area contributed by atoms with E-state index in [0.717, 1.165) is 22.3 Å². The van der Waals surface area contributed by atoms with Gasteiger partial charge in [-0.1, -0.05) is 24.3 Å². The maximum absolute atomic E-state index is 11.2. The number of carbonyl (C=O) groups is 1. The number of carboxylic acid groups (broad SMARTS) is 1. The molecule has 0 amide bonds. The lowest BCUT2D eigenvalue weighted by Gasteiger charge is -2.24. The van der Waals surface area contributed by atoms with Crippen LogP contribution in [0.5, 0.6) is 5.75 Å². The van der Waals surface area contributed by atoms with Crippen molar-refractivity contribution in [3.05, 3.63) is 41.5 Å². The van der Waals surface area contributed by atoms with Crippen LogP contribution in [-0.4, -0.2) is 18.2 Å². The third kappa shape index (κ3) is 1.55. The molecule has 0 aromatic heterocycles. The lowest BCUT2D eigenvalue weighted by atomic mass is 9.81. The summed E-state index contributed by atoms with van der Waals surface area (Å²) in [6.45, 7) is 0. The van der Waals surface area contributed by atoms with Gasteiger partial charge in [0, 0.05) is 5.56 Å². The van der Waals surface area contributed by atoms with Gasteiger partial charge in [-0.2, -0.15) is 0 Å². The fourth-order valence-electron chi connectivity index (χ4n) is 2.84. The van der Waals surface area contributed by atoms with E-state index in [0.29, 0.717) is 12.8 Å². The van der Waals surface area contributed by atoms with Gasteiger partial charge in [0.15, 0.2) is 0 Å². The fourth-order valence-corrected chi connectivity index (χ4v) is 2.84. The van der Waals surface area contributed by atoms with Crippen molar-refractivity contribution in [2.24, 2.45) is 5.92 Å². The summed E-state index contributed by atoms with van der Waals surface area (Å²) >= 11 is 0. The highest BCUT2D eigenvalue weighted by Gasteiger charge is 2.27. The molecular formula is C15H14O3. The summed E-state index contributed by atoms with van der Waals surface area (Å²) in [6, 6.07) is 10.0. The van der Waals surface area contributed by atoms with Crippen molar-refractivity contribution in [3.8, 4) is 5.75 Å². The number of hydrogen-bond donors (Lipinski definition) is 1. The quantitative estimate of drug-likeness (QED) is 0.880. The Hall–Kier alpha value is -2.03. The van der Waals surface area contributed by atoms with Gasteiger partial charge in [-0.15, -0.1) is 0 Å². The highest BCUT2D eigenvalue weighted by atomic mass is 16.5. The Morgan fingerprint density at radius 3 is 2.83 bits per heavy atom. The molecule has 2 aromatic rings. The standard InChI is InChI=1S/C15H14O3/c1-18-13-6-5-9-3-2-4-10-7-11(15(16)17)8-12(13)14(9)10/h2-6,11H,7-8H2,1H3,(H,16,17)/t11-/m1/s1. The van der Waals surface area contributed by atoms with Crippen LogP contribution >= 0.6 is 0 Å². The SMILES string of the molecule is COc1ccc2cccc3c2c1C[C@H](C(=O)O)C3. The summed E-state index contributed by atoms with van der Waals surface area (Å²) in [5.41, 5.74) is 2.14. The summed E-state index contributed by atoms with van der Waals surface area (Å²) in [6.07, 6.45) is 1.15. The Morgan fingerprint density at radius 1 is 1.28 bits per heavy atom. The smallest absolute Gasteiger partial charge is 0.307 e. The zero-order chi connectivity index (χ0) is 12.7. The van der Waals surface area contributed by atoms with E-state index in [9.17, 15) is 9.90 Å². The molecule has 0 saturated carbocycles. The molecule has 1 aliphatic carbocycles. The molecule has 0 heterocycles. The van der Waals surface area contributed by atoms with E-state index in [1.165, 1.54) is 5.39 Å². The summed E-state index contributed by atoms with van der Waals surface area (Å²) < 4.78 is 5.37. The molecule has 0 saturated heterocycles. The van der Waals surface area contributed by atoms with Crippen molar-refractivity contribution in [1.29, 1.82) is 0 Å².